The van der Waals surface area contributed by atoms with Gasteiger partial charge in [0.1, 0.15) is 10.7 Å². The Balaban J connectivity index is 1.59. The maximum atomic E-state index is 13.0. The predicted molar refractivity (Wildman–Crippen MR) is 121 cm³/mol. The zero-order chi connectivity index (χ0) is 21.3. The van der Waals surface area contributed by atoms with Crippen molar-refractivity contribution in [1.29, 1.82) is 10.8 Å². The monoisotopic (exact) mass is 421 g/mol. The molecule has 0 radical (unpaired) electrons. The van der Waals surface area contributed by atoms with Crippen LogP contribution in [0.3, 0.4) is 0 Å². The van der Waals surface area contributed by atoms with E-state index in [0.29, 0.717) is 35.6 Å². The van der Waals surface area contributed by atoms with Crippen molar-refractivity contribution in [2.45, 2.75) is 19.4 Å². The first-order valence-electron chi connectivity index (χ1n) is 9.60. The number of hydrogen-bond donors (Lipinski definition) is 5. The van der Waals surface area contributed by atoms with Gasteiger partial charge in [0.2, 0.25) is 0 Å². The quantitative estimate of drug-likeness (QED) is 0.375. The van der Waals surface area contributed by atoms with Gasteiger partial charge in [0.25, 0.3) is 5.91 Å². The largest absolute Gasteiger partial charge is 0.405 e. The maximum absolute atomic E-state index is 13.0. The fourth-order valence-electron chi connectivity index (χ4n) is 3.82. The van der Waals surface area contributed by atoms with Crippen LogP contribution in [0.25, 0.3) is 10.3 Å². The van der Waals surface area contributed by atoms with Crippen molar-refractivity contribution in [3.05, 3.63) is 57.9 Å². The predicted octanol–water partition coefficient (Wildman–Crippen LogP) is 2.57. The number of nitrogens with one attached hydrogen (secondary N) is 4. The smallest absolute Gasteiger partial charge is 0.268 e. The number of amides is 1. The van der Waals surface area contributed by atoms with Gasteiger partial charge in [-0.15, -0.1) is 11.3 Å². The molecule has 1 aromatic carbocycles. The number of aromatic nitrogens is 2. The van der Waals surface area contributed by atoms with Crippen LogP contribution in [0.2, 0.25) is 0 Å². The Morgan fingerprint density at radius 3 is 3.07 bits per heavy atom. The van der Waals surface area contributed by atoms with Crippen molar-refractivity contribution in [3.8, 4) is 0 Å². The summed E-state index contributed by atoms with van der Waals surface area (Å²) in [5.74, 6) is -0.231. The molecule has 4 rings (SSSR count). The third-order valence-corrected chi connectivity index (χ3v) is 6.29. The first-order valence-corrected chi connectivity index (χ1v) is 10.4. The van der Waals surface area contributed by atoms with E-state index < -0.39 is 0 Å². The van der Waals surface area contributed by atoms with Gasteiger partial charge in [0.05, 0.1) is 4.70 Å². The van der Waals surface area contributed by atoms with Crippen LogP contribution in [0.5, 0.6) is 0 Å². The van der Waals surface area contributed by atoms with Gasteiger partial charge in [-0.05, 0) is 35.9 Å². The molecule has 154 valence electrons. The Hall–Kier alpha value is -3.46. The minimum atomic E-state index is -0.231. The summed E-state index contributed by atoms with van der Waals surface area (Å²) in [5, 5.41) is 22.9. The molecule has 2 aromatic heterocycles. The van der Waals surface area contributed by atoms with E-state index in [4.69, 9.17) is 16.6 Å². The summed E-state index contributed by atoms with van der Waals surface area (Å²) in [6.45, 7) is 1.35. The van der Waals surface area contributed by atoms with E-state index in [9.17, 15) is 4.79 Å². The molecule has 1 amide bonds. The third-order valence-electron chi connectivity index (χ3n) is 5.21. The molecular weight excluding hydrogens is 398 g/mol. The Bertz CT molecular complexity index is 1190. The fraction of sp³-hybridized carbons (Fsp3) is 0.238. The SMILES string of the molecule is Cn1c(C(=O)NCc2cccc3c2CCN3)c(C=N)c2sc(CC(=N)/C=C\N)nc21. The summed E-state index contributed by atoms with van der Waals surface area (Å²) in [6.07, 6.45) is 5.37. The van der Waals surface area contributed by atoms with Crippen LogP contribution in [0, 0.1) is 10.8 Å². The average molecular weight is 422 g/mol. The molecule has 1 aliphatic heterocycles. The molecule has 6 N–H and O–H groups in total. The average Bonchev–Trinajstić information content (AvgIpc) is 3.41. The van der Waals surface area contributed by atoms with Gasteiger partial charge in [-0.1, -0.05) is 12.1 Å². The van der Waals surface area contributed by atoms with Crippen LogP contribution in [-0.4, -0.2) is 33.9 Å². The molecule has 3 aromatic rings. The molecule has 0 spiro atoms. The van der Waals surface area contributed by atoms with Crippen LogP contribution in [0.1, 0.15) is 32.2 Å². The van der Waals surface area contributed by atoms with Crippen molar-refractivity contribution in [2.24, 2.45) is 12.8 Å². The number of aryl methyl sites for hydroxylation is 1. The molecule has 8 nitrogen and oxygen atoms in total. The van der Waals surface area contributed by atoms with Crippen molar-refractivity contribution in [2.75, 3.05) is 11.9 Å². The highest BCUT2D eigenvalue weighted by atomic mass is 32.1. The first-order chi connectivity index (χ1) is 14.5. The molecular formula is C21H23N7OS. The highest BCUT2D eigenvalue weighted by Gasteiger charge is 2.24. The van der Waals surface area contributed by atoms with Crippen LogP contribution in [0.15, 0.2) is 30.5 Å². The lowest BCUT2D eigenvalue weighted by Crippen LogP contribution is -2.26. The molecule has 9 heteroatoms. The van der Waals surface area contributed by atoms with E-state index in [2.05, 4.69) is 21.7 Å². The van der Waals surface area contributed by atoms with Crippen LogP contribution in [-0.2, 0) is 26.4 Å². The molecule has 3 heterocycles. The molecule has 0 unspecified atom stereocenters. The van der Waals surface area contributed by atoms with Crippen molar-refractivity contribution >= 4 is 45.2 Å². The molecule has 30 heavy (non-hydrogen) atoms. The number of nitrogens with zero attached hydrogens (tertiary/aromatic N) is 2. The number of anilines is 1. The van der Waals surface area contributed by atoms with Gasteiger partial charge in [-0.2, -0.15) is 0 Å². The molecule has 0 saturated heterocycles. The lowest BCUT2D eigenvalue weighted by atomic mass is 10.0. The lowest BCUT2D eigenvalue weighted by Gasteiger charge is -2.11. The second-order valence-electron chi connectivity index (χ2n) is 7.09. The third kappa shape index (κ3) is 3.48. The number of hydrogen-bond acceptors (Lipinski definition) is 7. The normalized spacial score (nSPS) is 12.8. The number of benzene rings is 1. The highest BCUT2D eigenvalue weighted by Crippen LogP contribution is 2.30. The van der Waals surface area contributed by atoms with Crippen LogP contribution in [0.4, 0.5) is 5.69 Å². The van der Waals surface area contributed by atoms with E-state index in [1.807, 2.05) is 12.1 Å². The summed E-state index contributed by atoms with van der Waals surface area (Å²) in [4.78, 5) is 17.6. The topological polar surface area (TPSA) is 133 Å². The summed E-state index contributed by atoms with van der Waals surface area (Å²) in [7, 11) is 1.78. The molecule has 0 atom stereocenters. The highest BCUT2D eigenvalue weighted by molar-refractivity contribution is 7.19. The molecule has 0 saturated carbocycles. The van der Waals surface area contributed by atoms with E-state index in [1.54, 1.807) is 11.6 Å². The maximum Gasteiger partial charge on any atom is 0.268 e. The Labute approximate surface area is 177 Å². The number of fused-ring (bicyclic) bond motifs is 2. The minimum absolute atomic E-state index is 0.231. The van der Waals surface area contributed by atoms with Gasteiger partial charge in [-0.25, -0.2) is 4.98 Å². The summed E-state index contributed by atoms with van der Waals surface area (Å²) < 4.78 is 2.51. The summed E-state index contributed by atoms with van der Waals surface area (Å²) >= 11 is 1.40. The lowest BCUT2D eigenvalue weighted by molar-refractivity contribution is 0.0943. The molecule has 0 fully saturated rings. The van der Waals surface area contributed by atoms with E-state index in [0.717, 1.165) is 33.9 Å². The number of rotatable bonds is 7. The fourth-order valence-corrected chi connectivity index (χ4v) is 4.95. The zero-order valence-corrected chi connectivity index (χ0v) is 17.4. The van der Waals surface area contributed by atoms with Gasteiger partial charge >= 0.3 is 0 Å². The minimum Gasteiger partial charge on any atom is -0.405 e. The van der Waals surface area contributed by atoms with Crippen LogP contribution >= 0.6 is 11.3 Å². The van der Waals surface area contributed by atoms with Gasteiger partial charge in [-0.3, -0.25) is 4.79 Å². The van der Waals surface area contributed by atoms with E-state index in [1.165, 1.54) is 35.4 Å². The van der Waals surface area contributed by atoms with Crippen molar-refractivity contribution in [1.82, 2.24) is 14.9 Å². The van der Waals surface area contributed by atoms with Crippen molar-refractivity contribution < 1.29 is 4.79 Å². The van der Waals surface area contributed by atoms with Gasteiger partial charge in [0, 0.05) is 49.7 Å². The second kappa shape index (κ2) is 8.11. The van der Waals surface area contributed by atoms with E-state index >= 15 is 0 Å². The number of carbonyl (C=O) groups is 1. The molecule has 0 aliphatic carbocycles. The summed E-state index contributed by atoms with van der Waals surface area (Å²) in [6, 6.07) is 6.08. The standard InChI is InChI=1S/C21H23N7OS/c1-28-18(21(29)26-11-12-3-2-4-16-14(12)6-8-25-16)15(10-23)19-20(28)27-17(30-19)9-13(24)5-7-22/h2-5,7,10,23-25H,6,8-9,11,22H2,1H3,(H,26,29)/b7-5-,23-10?,24-13?. The van der Waals surface area contributed by atoms with Crippen molar-refractivity contribution in [3.63, 3.8) is 0 Å². The first kappa shape index (κ1) is 19.8. The second-order valence-corrected chi connectivity index (χ2v) is 8.17. The number of nitrogens with two attached hydrogens (primary N) is 1. The molecule has 0 bridgehead atoms. The Kier molecular flexibility index (Phi) is 5.37. The van der Waals surface area contributed by atoms with Crippen LogP contribution < -0.4 is 16.4 Å². The zero-order valence-electron chi connectivity index (χ0n) is 16.6. The Morgan fingerprint density at radius 2 is 2.30 bits per heavy atom. The van der Waals surface area contributed by atoms with E-state index in [-0.39, 0.29) is 5.91 Å². The number of carbonyl (C=O) groups excluding carboxylic acids is 1. The van der Waals surface area contributed by atoms with Gasteiger partial charge < -0.3 is 31.8 Å². The number of allylic oxidation sites excluding steroid dienone is 1. The number of thiazole rings is 1. The summed E-state index contributed by atoms with van der Waals surface area (Å²) in [5.41, 5.74) is 10.8. The molecule has 1 aliphatic rings. The van der Waals surface area contributed by atoms with Gasteiger partial charge in [0.15, 0.2) is 5.65 Å². The Morgan fingerprint density at radius 1 is 1.47 bits per heavy atom.